The number of fused-ring (bicyclic) bond motifs is 3. The van der Waals surface area contributed by atoms with Crippen molar-refractivity contribution in [2.75, 3.05) is 0 Å². The van der Waals surface area contributed by atoms with Crippen molar-refractivity contribution >= 4 is 16.8 Å². The number of rotatable bonds is 1. The van der Waals surface area contributed by atoms with Crippen molar-refractivity contribution in [3.8, 4) is 6.07 Å². The van der Waals surface area contributed by atoms with Crippen LogP contribution < -0.4 is 0 Å². The lowest BCUT2D eigenvalue weighted by Gasteiger charge is -2.31. The van der Waals surface area contributed by atoms with Gasteiger partial charge in [0.2, 0.25) is 0 Å². The summed E-state index contributed by atoms with van der Waals surface area (Å²) in [6, 6.07) is 10.8. The molecule has 0 amide bonds. The Morgan fingerprint density at radius 3 is 2.89 bits per heavy atom. The predicted molar refractivity (Wildman–Crippen MR) is 77.5 cm³/mol. The monoisotopic (exact) mass is 248 g/mol. The van der Waals surface area contributed by atoms with Crippen molar-refractivity contribution in [3.63, 3.8) is 0 Å². The highest BCUT2D eigenvalue weighted by Gasteiger charge is 2.34. The highest BCUT2D eigenvalue weighted by atomic mass is 14.7. The van der Waals surface area contributed by atoms with Crippen molar-refractivity contribution in [2.24, 2.45) is 5.41 Å². The predicted octanol–water partition coefficient (Wildman–Crippen LogP) is 4.29. The van der Waals surface area contributed by atoms with E-state index < -0.39 is 0 Å². The average molecular weight is 248 g/mol. The maximum atomic E-state index is 9.45. The largest absolute Gasteiger partial charge is 0.256 e. The van der Waals surface area contributed by atoms with Gasteiger partial charge in [0.1, 0.15) is 0 Å². The van der Waals surface area contributed by atoms with Crippen molar-refractivity contribution in [3.05, 3.63) is 47.8 Å². The molecule has 0 radical (unpaired) electrons. The average Bonchev–Trinajstić information content (AvgIpc) is 2.46. The number of allylic oxidation sites excluding steroid dienone is 1. The molecule has 0 N–H and O–H groups in total. The minimum Gasteiger partial charge on any atom is -0.256 e. The highest BCUT2D eigenvalue weighted by Crippen LogP contribution is 2.44. The molecule has 3 rings (SSSR count). The standard InChI is InChI=1S/C17H16N2/c1-17(2,11-18)14-8-5-9-15-16(14)13-7-4-3-6-12(13)10-19-15/h3-7,9-10,14H,8H2,1-2H3/t14-/m1/s1. The van der Waals surface area contributed by atoms with E-state index in [4.69, 9.17) is 0 Å². The quantitative estimate of drug-likeness (QED) is 0.755. The zero-order valence-corrected chi connectivity index (χ0v) is 11.2. The van der Waals surface area contributed by atoms with E-state index in [0.717, 1.165) is 17.5 Å². The zero-order chi connectivity index (χ0) is 13.5. The van der Waals surface area contributed by atoms with Gasteiger partial charge in [0.25, 0.3) is 0 Å². The molecule has 1 aliphatic rings. The van der Waals surface area contributed by atoms with Crippen LogP contribution >= 0.6 is 0 Å². The van der Waals surface area contributed by atoms with Crippen LogP contribution in [0.2, 0.25) is 0 Å². The van der Waals surface area contributed by atoms with Gasteiger partial charge in [-0.15, -0.1) is 0 Å². The summed E-state index contributed by atoms with van der Waals surface area (Å²) in [5, 5.41) is 11.8. The first-order chi connectivity index (χ1) is 9.13. The van der Waals surface area contributed by atoms with Gasteiger partial charge in [-0.2, -0.15) is 5.26 Å². The first-order valence-corrected chi connectivity index (χ1v) is 6.59. The fraction of sp³-hybridized carbons (Fsp3) is 0.294. The number of pyridine rings is 1. The van der Waals surface area contributed by atoms with E-state index in [-0.39, 0.29) is 11.3 Å². The number of hydrogen-bond donors (Lipinski definition) is 0. The first kappa shape index (κ1) is 11.9. The van der Waals surface area contributed by atoms with Crippen LogP contribution in [0.15, 0.2) is 36.5 Å². The fourth-order valence-electron chi connectivity index (χ4n) is 2.87. The fourth-order valence-corrected chi connectivity index (χ4v) is 2.87. The summed E-state index contributed by atoms with van der Waals surface area (Å²) in [7, 11) is 0. The van der Waals surface area contributed by atoms with E-state index in [0.29, 0.717) is 0 Å². The van der Waals surface area contributed by atoms with Crippen molar-refractivity contribution in [2.45, 2.75) is 26.2 Å². The van der Waals surface area contributed by atoms with Gasteiger partial charge in [0.05, 0.1) is 17.2 Å². The third-order valence-corrected chi connectivity index (χ3v) is 4.02. The third-order valence-electron chi connectivity index (χ3n) is 4.02. The van der Waals surface area contributed by atoms with E-state index in [2.05, 4.69) is 41.4 Å². The topological polar surface area (TPSA) is 36.7 Å². The Morgan fingerprint density at radius 2 is 2.11 bits per heavy atom. The van der Waals surface area contributed by atoms with E-state index in [1.54, 1.807) is 0 Å². The van der Waals surface area contributed by atoms with Gasteiger partial charge >= 0.3 is 0 Å². The molecule has 2 aromatic rings. The van der Waals surface area contributed by atoms with Gasteiger partial charge in [0, 0.05) is 17.5 Å². The number of aromatic nitrogens is 1. The van der Waals surface area contributed by atoms with Gasteiger partial charge in [-0.3, -0.25) is 4.98 Å². The molecule has 0 aliphatic heterocycles. The van der Waals surface area contributed by atoms with Gasteiger partial charge in [-0.25, -0.2) is 0 Å². The second-order valence-corrected chi connectivity index (χ2v) is 5.67. The molecular formula is C17H16N2. The zero-order valence-electron chi connectivity index (χ0n) is 11.2. The van der Waals surface area contributed by atoms with E-state index in [1.807, 2.05) is 26.1 Å². The number of nitrogens with zero attached hydrogens (tertiary/aromatic N) is 2. The lowest BCUT2D eigenvalue weighted by molar-refractivity contribution is 0.385. The molecule has 0 unspecified atom stereocenters. The van der Waals surface area contributed by atoms with Crippen LogP contribution in [0, 0.1) is 16.7 Å². The maximum Gasteiger partial charge on any atom is 0.0690 e. The van der Waals surface area contributed by atoms with Crippen LogP contribution in [0.5, 0.6) is 0 Å². The molecule has 1 aromatic carbocycles. The van der Waals surface area contributed by atoms with Crippen LogP contribution in [-0.2, 0) is 0 Å². The van der Waals surface area contributed by atoms with E-state index >= 15 is 0 Å². The number of hydrogen-bond acceptors (Lipinski definition) is 2. The molecular weight excluding hydrogens is 232 g/mol. The smallest absolute Gasteiger partial charge is 0.0690 e. The minimum absolute atomic E-state index is 0.205. The number of nitriles is 1. The molecule has 19 heavy (non-hydrogen) atoms. The minimum atomic E-state index is -0.384. The summed E-state index contributed by atoms with van der Waals surface area (Å²) in [5.74, 6) is 0.205. The van der Waals surface area contributed by atoms with E-state index in [9.17, 15) is 5.26 Å². The van der Waals surface area contributed by atoms with Gasteiger partial charge < -0.3 is 0 Å². The summed E-state index contributed by atoms with van der Waals surface area (Å²) in [6.07, 6.45) is 7.03. The molecule has 1 atom stereocenters. The van der Waals surface area contributed by atoms with Crippen LogP contribution in [0.3, 0.4) is 0 Å². The summed E-state index contributed by atoms with van der Waals surface area (Å²) in [4.78, 5) is 4.55. The summed E-state index contributed by atoms with van der Waals surface area (Å²) in [6.45, 7) is 4.03. The van der Waals surface area contributed by atoms with Gasteiger partial charge in [-0.1, -0.05) is 30.3 Å². The molecule has 0 spiro atoms. The molecule has 0 saturated heterocycles. The Morgan fingerprint density at radius 1 is 1.32 bits per heavy atom. The van der Waals surface area contributed by atoms with Crippen LogP contribution in [0.25, 0.3) is 16.8 Å². The Balaban J connectivity index is 2.32. The molecule has 1 aromatic heterocycles. The lowest BCUT2D eigenvalue weighted by atomic mass is 9.71. The Kier molecular flexibility index (Phi) is 2.64. The molecule has 94 valence electrons. The molecule has 0 bridgehead atoms. The maximum absolute atomic E-state index is 9.45. The second kappa shape index (κ2) is 4.20. The molecule has 0 saturated carbocycles. The van der Waals surface area contributed by atoms with Gasteiger partial charge in [0.15, 0.2) is 0 Å². The summed E-state index contributed by atoms with van der Waals surface area (Å²) < 4.78 is 0. The third kappa shape index (κ3) is 1.82. The van der Waals surface area contributed by atoms with Crippen molar-refractivity contribution in [1.29, 1.82) is 5.26 Å². The molecule has 1 heterocycles. The molecule has 0 fully saturated rings. The number of benzene rings is 1. The second-order valence-electron chi connectivity index (χ2n) is 5.67. The summed E-state index contributed by atoms with van der Waals surface area (Å²) >= 11 is 0. The Labute approximate surface area is 113 Å². The SMILES string of the molecule is CC(C)(C#N)[C@@H]1CC=Cc2ncc3ccccc3c21. The summed E-state index contributed by atoms with van der Waals surface area (Å²) in [5.41, 5.74) is 1.86. The lowest BCUT2D eigenvalue weighted by Crippen LogP contribution is -2.22. The van der Waals surface area contributed by atoms with Crippen LogP contribution in [0.1, 0.15) is 37.4 Å². The molecule has 1 aliphatic carbocycles. The molecule has 2 nitrogen and oxygen atoms in total. The van der Waals surface area contributed by atoms with Crippen LogP contribution in [0.4, 0.5) is 0 Å². The normalized spacial score (nSPS) is 18.1. The highest BCUT2D eigenvalue weighted by molar-refractivity contribution is 5.88. The first-order valence-electron chi connectivity index (χ1n) is 6.59. The van der Waals surface area contributed by atoms with E-state index in [1.165, 1.54) is 10.9 Å². The molecule has 2 heteroatoms. The van der Waals surface area contributed by atoms with Crippen molar-refractivity contribution in [1.82, 2.24) is 4.98 Å². The Bertz CT molecular complexity index is 705. The Hall–Kier alpha value is -2.14. The van der Waals surface area contributed by atoms with Crippen LogP contribution in [-0.4, -0.2) is 4.98 Å². The van der Waals surface area contributed by atoms with Crippen molar-refractivity contribution < 1.29 is 0 Å². The van der Waals surface area contributed by atoms with Gasteiger partial charge in [-0.05, 0) is 37.3 Å².